The number of carbonyl (C=O) groups excluding carboxylic acids is 1. The molecule has 0 aromatic carbocycles. The van der Waals surface area contributed by atoms with E-state index in [1.54, 1.807) is 6.07 Å². The van der Waals surface area contributed by atoms with Crippen molar-refractivity contribution in [2.45, 2.75) is 31.4 Å². The summed E-state index contributed by atoms with van der Waals surface area (Å²) in [6.45, 7) is 1.53. The number of hydrogen-bond acceptors (Lipinski definition) is 3. The largest absolute Gasteiger partial charge is 0.375 e. The predicted octanol–water partition coefficient (Wildman–Crippen LogP) is 2.00. The Morgan fingerprint density at radius 1 is 1.67 bits per heavy atom. The van der Waals surface area contributed by atoms with Gasteiger partial charge in [-0.15, -0.1) is 11.3 Å². The van der Waals surface area contributed by atoms with Crippen molar-refractivity contribution in [3.63, 3.8) is 0 Å². The van der Waals surface area contributed by atoms with Gasteiger partial charge in [-0.3, -0.25) is 4.79 Å². The van der Waals surface area contributed by atoms with E-state index in [2.05, 4.69) is 21.2 Å². The molecule has 1 fully saturated rings. The molecule has 1 saturated carbocycles. The van der Waals surface area contributed by atoms with Gasteiger partial charge in [-0.05, 0) is 47.8 Å². The van der Waals surface area contributed by atoms with Crippen molar-refractivity contribution in [2.24, 2.45) is 0 Å². The number of carbonyl (C=O) groups is 1. The molecule has 5 heteroatoms. The van der Waals surface area contributed by atoms with Gasteiger partial charge in [0.15, 0.2) is 5.60 Å². The normalized spacial score (nSPS) is 19.7. The Morgan fingerprint density at radius 2 is 2.33 bits per heavy atom. The molecule has 1 heterocycles. The van der Waals surface area contributed by atoms with Crippen molar-refractivity contribution >= 4 is 33.2 Å². The number of nitrogens with one attached hydrogen (secondary N) is 1. The third-order valence-corrected chi connectivity index (χ3v) is 4.24. The summed E-state index contributed by atoms with van der Waals surface area (Å²) in [4.78, 5) is 12.4. The fourth-order valence-corrected chi connectivity index (χ4v) is 2.67. The number of amides is 1. The molecule has 15 heavy (non-hydrogen) atoms. The van der Waals surface area contributed by atoms with Crippen LogP contribution in [0.5, 0.6) is 0 Å². The monoisotopic (exact) mass is 289 g/mol. The van der Waals surface area contributed by atoms with Crippen LogP contribution in [0.25, 0.3) is 0 Å². The van der Waals surface area contributed by atoms with E-state index >= 15 is 0 Å². The maximum absolute atomic E-state index is 11.8. The zero-order chi connectivity index (χ0) is 11.1. The minimum absolute atomic E-state index is 0.271. The van der Waals surface area contributed by atoms with Gasteiger partial charge >= 0.3 is 0 Å². The van der Waals surface area contributed by atoms with Gasteiger partial charge in [0.1, 0.15) is 0 Å². The molecule has 0 saturated heterocycles. The van der Waals surface area contributed by atoms with Gasteiger partial charge in [-0.1, -0.05) is 0 Å². The highest BCUT2D eigenvalue weighted by molar-refractivity contribution is 9.11. The minimum atomic E-state index is -1.42. The second-order valence-corrected chi connectivity index (χ2v) is 6.39. The van der Waals surface area contributed by atoms with E-state index in [0.29, 0.717) is 4.88 Å². The van der Waals surface area contributed by atoms with Crippen LogP contribution in [-0.4, -0.2) is 17.1 Å². The number of rotatable bonds is 3. The van der Waals surface area contributed by atoms with Crippen molar-refractivity contribution in [1.82, 2.24) is 5.32 Å². The summed E-state index contributed by atoms with van der Waals surface area (Å²) in [5.74, 6) is -0.306. The molecule has 0 radical (unpaired) electrons. The van der Waals surface area contributed by atoms with Crippen LogP contribution in [0.2, 0.25) is 0 Å². The summed E-state index contributed by atoms with van der Waals surface area (Å²) in [5.41, 5.74) is -1.42. The average Bonchev–Trinajstić information content (AvgIpc) is 2.86. The quantitative estimate of drug-likeness (QED) is 0.894. The van der Waals surface area contributed by atoms with Gasteiger partial charge in [-0.2, -0.15) is 0 Å². The lowest BCUT2D eigenvalue weighted by atomic mass is 10.0. The van der Waals surface area contributed by atoms with E-state index in [9.17, 15) is 9.90 Å². The highest BCUT2D eigenvalue weighted by atomic mass is 79.9. The van der Waals surface area contributed by atoms with E-state index in [1.165, 1.54) is 18.3 Å². The van der Waals surface area contributed by atoms with Crippen LogP contribution < -0.4 is 5.32 Å². The lowest BCUT2D eigenvalue weighted by molar-refractivity contribution is -0.138. The molecule has 1 aromatic rings. The summed E-state index contributed by atoms with van der Waals surface area (Å²) in [5, 5.41) is 12.9. The van der Waals surface area contributed by atoms with E-state index in [4.69, 9.17) is 0 Å². The molecule has 0 spiro atoms. The third-order valence-electron chi connectivity index (χ3n) is 2.41. The van der Waals surface area contributed by atoms with E-state index in [-0.39, 0.29) is 11.9 Å². The lowest BCUT2D eigenvalue weighted by Gasteiger charge is -2.20. The van der Waals surface area contributed by atoms with Gasteiger partial charge in [-0.25, -0.2) is 0 Å². The molecule has 3 nitrogen and oxygen atoms in total. The molecule has 1 aliphatic rings. The molecule has 0 bridgehead atoms. The summed E-state index contributed by atoms with van der Waals surface area (Å²) in [6, 6.07) is 3.87. The molecule has 2 N–H and O–H groups in total. The van der Waals surface area contributed by atoms with Crippen molar-refractivity contribution in [2.75, 3.05) is 0 Å². The van der Waals surface area contributed by atoms with Crippen molar-refractivity contribution in [1.29, 1.82) is 0 Å². The van der Waals surface area contributed by atoms with Crippen molar-refractivity contribution in [3.8, 4) is 0 Å². The van der Waals surface area contributed by atoms with Crippen molar-refractivity contribution in [3.05, 3.63) is 20.8 Å². The Kier molecular flexibility index (Phi) is 2.87. The first-order valence-electron chi connectivity index (χ1n) is 4.79. The molecule has 1 atom stereocenters. The number of halogens is 1. The van der Waals surface area contributed by atoms with Crippen LogP contribution in [0.4, 0.5) is 0 Å². The molecule has 0 unspecified atom stereocenters. The Balaban J connectivity index is 2.13. The highest BCUT2D eigenvalue weighted by Gasteiger charge is 2.37. The molecule has 1 amide bonds. The Labute approximate surface area is 101 Å². The topological polar surface area (TPSA) is 49.3 Å². The smallest absolute Gasteiger partial charge is 0.257 e. The molecule has 2 rings (SSSR count). The maximum Gasteiger partial charge on any atom is 0.257 e. The van der Waals surface area contributed by atoms with Crippen LogP contribution in [0, 0.1) is 0 Å². The SMILES string of the molecule is C[C@](O)(C(=O)NC1CC1)c1ccc(Br)s1. The van der Waals surface area contributed by atoms with Crippen LogP contribution >= 0.6 is 27.3 Å². The molecule has 0 aliphatic heterocycles. The minimum Gasteiger partial charge on any atom is -0.375 e. The van der Waals surface area contributed by atoms with Crippen LogP contribution in [0.3, 0.4) is 0 Å². The van der Waals surface area contributed by atoms with Gasteiger partial charge in [0, 0.05) is 10.9 Å². The van der Waals surface area contributed by atoms with Crippen LogP contribution in [0.1, 0.15) is 24.6 Å². The van der Waals surface area contributed by atoms with Crippen LogP contribution in [0.15, 0.2) is 15.9 Å². The summed E-state index contributed by atoms with van der Waals surface area (Å²) >= 11 is 4.69. The van der Waals surface area contributed by atoms with Gasteiger partial charge < -0.3 is 10.4 Å². The number of thiophene rings is 1. The Bertz CT molecular complexity index is 385. The standard InChI is InChI=1S/C10H12BrNO2S/c1-10(14,7-4-5-8(11)15-7)9(13)12-6-2-3-6/h4-6,14H,2-3H2,1H3,(H,12,13)/t10-/m1/s1. The van der Waals surface area contributed by atoms with Crippen molar-refractivity contribution < 1.29 is 9.90 Å². The van der Waals surface area contributed by atoms with E-state index in [0.717, 1.165) is 16.6 Å². The highest BCUT2D eigenvalue weighted by Crippen LogP contribution is 2.32. The zero-order valence-corrected chi connectivity index (χ0v) is 10.7. The second kappa shape index (κ2) is 3.88. The first-order valence-corrected chi connectivity index (χ1v) is 6.40. The maximum atomic E-state index is 11.8. The summed E-state index contributed by atoms with van der Waals surface area (Å²) in [6.07, 6.45) is 2.05. The molecular weight excluding hydrogens is 278 g/mol. The first kappa shape index (κ1) is 11.1. The number of aliphatic hydroxyl groups is 1. The molecule has 82 valence electrons. The average molecular weight is 290 g/mol. The molecule has 1 aliphatic carbocycles. The Morgan fingerprint density at radius 3 is 2.80 bits per heavy atom. The van der Waals surface area contributed by atoms with E-state index in [1.807, 2.05) is 6.07 Å². The predicted molar refractivity (Wildman–Crippen MR) is 62.8 cm³/mol. The van der Waals surface area contributed by atoms with Crippen LogP contribution in [-0.2, 0) is 10.4 Å². The lowest BCUT2D eigenvalue weighted by Crippen LogP contribution is -2.42. The second-order valence-electron chi connectivity index (χ2n) is 3.92. The third kappa shape index (κ3) is 2.41. The number of hydrogen-bond donors (Lipinski definition) is 2. The Hall–Kier alpha value is -0.390. The summed E-state index contributed by atoms with van der Waals surface area (Å²) < 4.78 is 0.914. The molecular formula is C10H12BrNO2S. The molecule has 1 aromatic heterocycles. The first-order chi connectivity index (χ1) is 7.00. The summed E-state index contributed by atoms with van der Waals surface area (Å²) in [7, 11) is 0. The fourth-order valence-electron chi connectivity index (χ4n) is 1.24. The van der Waals surface area contributed by atoms with E-state index < -0.39 is 5.60 Å². The van der Waals surface area contributed by atoms with Gasteiger partial charge in [0.05, 0.1) is 3.79 Å². The van der Waals surface area contributed by atoms with Gasteiger partial charge in [0.25, 0.3) is 5.91 Å². The fraction of sp³-hybridized carbons (Fsp3) is 0.500. The van der Waals surface area contributed by atoms with Gasteiger partial charge in [0.2, 0.25) is 0 Å². The zero-order valence-electron chi connectivity index (χ0n) is 8.29.